The lowest BCUT2D eigenvalue weighted by Crippen LogP contribution is -2.33. The van der Waals surface area contributed by atoms with E-state index in [1.54, 1.807) is 19.1 Å². The molecular weight excluding hydrogens is 480 g/mol. The first kappa shape index (κ1) is 27.2. The van der Waals surface area contributed by atoms with Crippen molar-refractivity contribution in [3.05, 3.63) is 53.1 Å². The number of hydrogen-bond donors (Lipinski definition) is 2. The van der Waals surface area contributed by atoms with E-state index < -0.39 is 15.9 Å². The van der Waals surface area contributed by atoms with Gasteiger partial charge in [0.15, 0.2) is 0 Å². The highest BCUT2D eigenvalue weighted by Crippen LogP contribution is 2.46. The summed E-state index contributed by atoms with van der Waals surface area (Å²) >= 11 is 0. The van der Waals surface area contributed by atoms with Gasteiger partial charge >= 0.3 is 5.97 Å². The molecule has 1 fully saturated rings. The summed E-state index contributed by atoms with van der Waals surface area (Å²) in [6.07, 6.45) is 3.35. The molecule has 3 rings (SSSR count). The summed E-state index contributed by atoms with van der Waals surface area (Å²) < 4.78 is 31.8. The number of carbonyl (C=O) groups is 2. The maximum Gasteiger partial charge on any atom is 0.305 e. The van der Waals surface area contributed by atoms with Crippen molar-refractivity contribution in [2.24, 2.45) is 4.99 Å². The minimum absolute atomic E-state index is 0.107. The van der Waals surface area contributed by atoms with E-state index in [0.29, 0.717) is 23.4 Å². The number of nitrogens with one attached hydrogen (secondary N) is 1. The lowest BCUT2D eigenvalue weighted by Gasteiger charge is -2.26. The lowest BCUT2D eigenvalue weighted by atomic mass is 9.98. The third-order valence-electron chi connectivity index (χ3n) is 5.90. The number of anilines is 2. The van der Waals surface area contributed by atoms with E-state index >= 15 is 0 Å². The van der Waals surface area contributed by atoms with Gasteiger partial charge in [-0.05, 0) is 68.9 Å². The van der Waals surface area contributed by atoms with E-state index in [4.69, 9.17) is 10.5 Å². The Balaban J connectivity index is 2.06. The van der Waals surface area contributed by atoms with Gasteiger partial charge in [0.05, 0.1) is 24.2 Å². The predicted molar refractivity (Wildman–Crippen MR) is 142 cm³/mol. The molecule has 1 amide bonds. The van der Waals surface area contributed by atoms with Gasteiger partial charge in [-0.15, -0.1) is 0 Å². The van der Waals surface area contributed by atoms with Crippen LogP contribution >= 0.6 is 0 Å². The van der Waals surface area contributed by atoms with Crippen molar-refractivity contribution in [1.29, 1.82) is 0 Å². The Bertz CT molecular complexity index is 1250. The molecule has 1 saturated carbocycles. The SMILES string of the molecule is CCOC(=O)CCCN(c1cc(N)c(C(=Nc2ccc(C)cc2)C(=O)NC)cc1C1CC1)S(C)(=O)=O. The number of hydrogen-bond acceptors (Lipinski definition) is 7. The zero-order valence-electron chi connectivity index (χ0n) is 21.2. The van der Waals surface area contributed by atoms with Crippen LogP contribution in [0.4, 0.5) is 17.1 Å². The maximum absolute atomic E-state index is 12.8. The Kier molecular flexibility index (Phi) is 8.73. The summed E-state index contributed by atoms with van der Waals surface area (Å²) in [7, 11) is -2.14. The second kappa shape index (κ2) is 11.6. The second-order valence-electron chi connectivity index (χ2n) is 8.89. The smallest absolute Gasteiger partial charge is 0.305 e. The van der Waals surface area contributed by atoms with Gasteiger partial charge in [-0.25, -0.2) is 13.4 Å². The van der Waals surface area contributed by atoms with Crippen LogP contribution in [0.25, 0.3) is 0 Å². The van der Waals surface area contributed by atoms with Gasteiger partial charge in [-0.2, -0.15) is 0 Å². The molecule has 0 bridgehead atoms. The number of ether oxygens (including phenoxy) is 1. The highest BCUT2D eigenvalue weighted by molar-refractivity contribution is 7.92. The molecule has 1 aliphatic carbocycles. The van der Waals surface area contributed by atoms with Crippen molar-refractivity contribution in [2.45, 2.75) is 45.4 Å². The zero-order valence-corrected chi connectivity index (χ0v) is 22.0. The quantitative estimate of drug-likeness (QED) is 0.268. The second-order valence-corrected chi connectivity index (χ2v) is 10.8. The van der Waals surface area contributed by atoms with Crippen LogP contribution in [0.2, 0.25) is 0 Å². The molecule has 36 heavy (non-hydrogen) atoms. The Labute approximate surface area is 212 Å². The third-order valence-corrected chi connectivity index (χ3v) is 7.08. The first-order chi connectivity index (χ1) is 17.0. The monoisotopic (exact) mass is 514 g/mol. The van der Waals surface area contributed by atoms with Gasteiger partial charge in [-0.1, -0.05) is 17.7 Å². The highest BCUT2D eigenvalue weighted by Gasteiger charge is 2.32. The summed E-state index contributed by atoms with van der Waals surface area (Å²) in [6.45, 7) is 4.07. The number of esters is 1. The van der Waals surface area contributed by atoms with E-state index in [0.717, 1.165) is 30.2 Å². The molecule has 0 atom stereocenters. The molecule has 0 aromatic heterocycles. The van der Waals surface area contributed by atoms with E-state index in [2.05, 4.69) is 10.3 Å². The Hall–Kier alpha value is -3.40. The fraction of sp³-hybridized carbons (Fsp3) is 0.423. The van der Waals surface area contributed by atoms with Crippen LogP contribution in [0.15, 0.2) is 41.4 Å². The van der Waals surface area contributed by atoms with Crippen LogP contribution in [0.3, 0.4) is 0 Å². The largest absolute Gasteiger partial charge is 0.466 e. The molecule has 9 nitrogen and oxygen atoms in total. The average Bonchev–Trinajstić information content (AvgIpc) is 3.66. The van der Waals surface area contributed by atoms with Crippen molar-refractivity contribution in [1.82, 2.24) is 5.32 Å². The number of likely N-dealkylation sites (N-methyl/N-ethyl adjacent to an activating group) is 1. The van der Waals surface area contributed by atoms with Crippen LogP contribution in [-0.4, -0.2) is 52.5 Å². The van der Waals surface area contributed by atoms with Crippen molar-refractivity contribution >= 4 is 44.7 Å². The van der Waals surface area contributed by atoms with Gasteiger partial charge in [0, 0.05) is 31.3 Å². The van der Waals surface area contributed by atoms with E-state index in [1.165, 1.54) is 11.4 Å². The zero-order chi connectivity index (χ0) is 26.5. The van der Waals surface area contributed by atoms with Crippen molar-refractivity contribution < 1.29 is 22.7 Å². The van der Waals surface area contributed by atoms with Crippen molar-refractivity contribution in [2.75, 3.05) is 36.5 Å². The van der Waals surface area contributed by atoms with Crippen LogP contribution in [0.5, 0.6) is 0 Å². The molecule has 0 unspecified atom stereocenters. The Morgan fingerprint density at radius 1 is 1.19 bits per heavy atom. The van der Waals surface area contributed by atoms with Crippen LogP contribution in [0, 0.1) is 6.92 Å². The van der Waals surface area contributed by atoms with Crippen LogP contribution in [-0.2, 0) is 24.3 Å². The van der Waals surface area contributed by atoms with Crippen LogP contribution in [0.1, 0.15) is 55.2 Å². The number of nitrogens with two attached hydrogens (primary N) is 1. The first-order valence-corrected chi connectivity index (χ1v) is 13.8. The number of carbonyl (C=O) groups excluding carboxylic acids is 2. The number of rotatable bonds is 11. The molecule has 0 aliphatic heterocycles. The molecule has 3 N–H and O–H groups in total. The summed E-state index contributed by atoms with van der Waals surface area (Å²) in [6, 6.07) is 10.8. The number of aryl methyl sites for hydroxylation is 1. The number of amides is 1. The van der Waals surface area contributed by atoms with Gasteiger partial charge in [0.25, 0.3) is 5.91 Å². The lowest BCUT2D eigenvalue weighted by molar-refractivity contribution is -0.143. The molecule has 2 aromatic rings. The van der Waals surface area contributed by atoms with Gasteiger partial charge in [0.2, 0.25) is 10.0 Å². The van der Waals surface area contributed by atoms with Crippen molar-refractivity contribution in [3.63, 3.8) is 0 Å². The Morgan fingerprint density at radius 2 is 1.86 bits per heavy atom. The van der Waals surface area contributed by atoms with E-state index in [9.17, 15) is 18.0 Å². The molecule has 0 spiro atoms. The van der Waals surface area contributed by atoms with Crippen molar-refractivity contribution in [3.8, 4) is 0 Å². The molecule has 0 saturated heterocycles. The maximum atomic E-state index is 12.8. The number of nitrogen functional groups attached to an aromatic ring is 1. The minimum Gasteiger partial charge on any atom is -0.466 e. The number of nitrogens with zero attached hydrogens (tertiary/aromatic N) is 2. The topological polar surface area (TPSA) is 131 Å². The molecule has 10 heteroatoms. The summed E-state index contributed by atoms with van der Waals surface area (Å²) in [4.78, 5) is 29.2. The van der Waals surface area contributed by atoms with Gasteiger partial charge in [0.1, 0.15) is 5.71 Å². The fourth-order valence-electron chi connectivity index (χ4n) is 3.93. The molecular formula is C26H34N4O5S. The standard InChI is InChI=1S/C26H34N4O5S/c1-5-35-24(31)7-6-14-30(36(4,33)34)23-16-22(27)21(15-20(23)18-10-11-18)25(26(32)28-3)29-19-12-8-17(2)9-13-19/h8-9,12-13,15-16,18H,5-7,10-11,14,27H2,1-4H3,(H,28,32). The average molecular weight is 515 g/mol. The molecule has 2 aromatic carbocycles. The highest BCUT2D eigenvalue weighted by atomic mass is 32.2. The van der Waals surface area contributed by atoms with Gasteiger partial charge in [-0.3, -0.25) is 13.9 Å². The number of aliphatic imine (C=N–C) groups is 1. The minimum atomic E-state index is -3.66. The molecule has 194 valence electrons. The van der Waals surface area contributed by atoms with Crippen LogP contribution < -0.4 is 15.4 Å². The third kappa shape index (κ3) is 6.84. The van der Waals surface area contributed by atoms with E-state index in [-0.39, 0.29) is 42.9 Å². The molecule has 0 heterocycles. The summed E-state index contributed by atoms with van der Waals surface area (Å²) in [5.41, 5.74) is 10.2. The van der Waals surface area contributed by atoms with Gasteiger partial charge < -0.3 is 15.8 Å². The number of benzene rings is 2. The summed E-state index contributed by atoms with van der Waals surface area (Å²) in [5, 5.41) is 2.62. The number of sulfonamides is 1. The first-order valence-electron chi connectivity index (χ1n) is 12.0. The molecule has 0 radical (unpaired) electrons. The Morgan fingerprint density at radius 3 is 2.42 bits per heavy atom. The van der Waals surface area contributed by atoms with E-state index in [1.807, 2.05) is 31.2 Å². The fourth-order valence-corrected chi connectivity index (χ4v) is 4.90. The summed E-state index contributed by atoms with van der Waals surface area (Å²) in [5.74, 6) is -0.615. The normalized spacial score (nSPS) is 13.8. The predicted octanol–water partition coefficient (Wildman–Crippen LogP) is 3.43. The molecule has 1 aliphatic rings.